The van der Waals surface area contributed by atoms with E-state index in [0.717, 1.165) is 5.76 Å². The van der Waals surface area contributed by atoms with Crippen molar-refractivity contribution in [3.8, 4) is 0 Å². The minimum atomic E-state index is -0.401. The second kappa shape index (κ2) is 6.74. The number of aromatic nitrogens is 4. The zero-order valence-corrected chi connectivity index (χ0v) is 13.0. The molecule has 0 radical (unpaired) electrons. The summed E-state index contributed by atoms with van der Waals surface area (Å²) in [6.07, 6.45) is 1.58. The summed E-state index contributed by atoms with van der Waals surface area (Å²) in [5, 5.41) is 11.6. The molecule has 0 N–H and O–H groups in total. The number of thioether (sulfide) groups is 1. The van der Waals surface area contributed by atoms with Gasteiger partial charge in [0, 0.05) is 5.56 Å². The van der Waals surface area contributed by atoms with E-state index in [-0.39, 0.29) is 11.6 Å². The van der Waals surface area contributed by atoms with E-state index in [1.807, 2.05) is 6.07 Å². The number of rotatable bonds is 6. The first-order valence-corrected chi connectivity index (χ1v) is 7.76. The molecule has 0 aliphatic heterocycles. The van der Waals surface area contributed by atoms with E-state index < -0.39 is 5.25 Å². The Morgan fingerprint density at radius 3 is 2.83 bits per heavy atom. The minimum Gasteiger partial charge on any atom is -0.467 e. The SMILES string of the molecule is C[C@@H](Sc1nnnn1Cc1ccco1)C(=O)c1ccc(F)cc1. The highest BCUT2D eigenvalue weighted by Crippen LogP contribution is 2.24. The van der Waals surface area contributed by atoms with Gasteiger partial charge in [-0.1, -0.05) is 11.8 Å². The van der Waals surface area contributed by atoms with Crippen LogP contribution in [0.1, 0.15) is 23.0 Å². The van der Waals surface area contributed by atoms with Gasteiger partial charge in [0.05, 0.1) is 11.5 Å². The highest BCUT2D eigenvalue weighted by atomic mass is 32.2. The number of Topliss-reactive ketones (excluding diaryl/α,β-unsaturated/α-hetero) is 1. The summed E-state index contributed by atoms with van der Waals surface area (Å²) >= 11 is 1.25. The minimum absolute atomic E-state index is 0.109. The third-order valence-electron chi connectivity index (χ3n) is 3.16. The summed E-state index contributed by atoms with van der Waals surface area (Å²) < 4.78 is 19.8. The average molecular weight is 332 g/mol. The lowest BCUT2D eigenvalue weighted by atomic mass is 10.1. The fourth-order valence-electron chi connectivity index (χ4n) is 1.99. The van der Waals surface area contributed by atoms with Crippen molar-refractivity contribution in [3.63, 3.8) is 0 Å². The maximum atomic E-state index is 12.9. The fourth-order valence-corrected chi connectivity index (χ4v) is 2.86. The molecular weight excluding hydrogens is 319 g/mol. The Morgan fingerprint density at radius 2 is 2.13 bits per heavy atom. The first-order valence-electron chi connectivity index (χ1n) is 6.88. The van der Waals surface area contributed by atoms with E-state index in [1.165, 1.54) is 36.0 Å². The molecule has 2 aromatic heterocycles. The second-order valence-corrected chi connectivity index (χ2v) is 6.14. The van der Waals surface area contributed by atoms with Crippen LogP contribution in [0.15, 0.2) is 52.2 Å². The number of ketones is 1. The summed E-state index contributed by atoms with van der Waals surface area (Å²) in [5.74, 6) is 0.239. The van der Waals surface area contributed by atoms with Gasteiger partial charge in [-0.05, 0) is 53.7 Å². The molecule has 23 heavy (non-hydrogen) atoms. The number of carbonyl (C=O) groups excluding carboxylic acids is 1. The van der Waals surface area contributed by atoms with Crippen LogP contribution in [0, 0.1) is 5.82 Å². The third kappa shape index (κ3) is 3.65. The maximum Gasteiger partial charge on any atom is 0.210 e. The molecule has 0 aliphatic rings. The van der Waals surface area contributed by atoms with Crippen molar-refractivity contribution in [1.82, 2.24) is 20.2 Å². The quantitative estimate of drug-likeness (QED) is 0.510. The van der Waals surface area contributed by atoms with Gasteiger partial charge >= 0.3 is 0 Å². The lowest BCUT2D eigenvalue weighted by molar-refractivity contribution is 0.0994. The molecule has 8 heteroatoms. The lowest BCUT2D eigenvalue weighted by Gasteiger charge is -2.09. The number of benzene rings is 1. The standard InChI is InChI=1S/C15H13FN4O2S/c1-10(14(21)11-4-6-12(16)7-5-11)23-15-17-18-19-20(15)9-13-3-2-8-22-13/h2-8,10H,9H2,1H3/t10-/m1/s1. The van der Waals surface area contributed by atoms with Crippen molar-refractivity contribution >= 4 is 17.5 Å². The highest BCUT2D eigenvalue weighted by molar-refractivity contribution is 8.00. The summed E-state index contributed by atoms with van der Waals surface area (Å²) in [6.45, 7) is 2.15. The summed E-state index contributed by atoms with van der Waals surface area (Å²) in [6, 6.07) is 9.09. The normalized spacial score (nSPS) is 12.3. The van der Waals surface area contributed by atoms with Gasteiger partial charge in [-0.3, -0.25) is 4.79 Å². The molecule has 3 aromatic rings. The molecule has 0 saturated carbocycles. The summed E-state index contributed by atoms with van der Waals surface area (Å²) in [4.78, 5) is 12.4. The zero-order valence-electron chi connectivity index (χ0n) is 12.2. The molecule has 0 unspecified atom stereocenters. The van der Waals surface area contributed by atoms with Crippen LogP contribution in [0.4, 0.5) is 4.39 Å². The molecule has 6 nitrogen and oxygen atoms in total. The van der Waals surface area contributed by atoms with Gasteiger partial charge in [-0.15, -0.1) is 5.10 Å². The van der Waals surface area contributed by atoms with E-state index in [9.17, 15) is 9.18 Å². The van der Waals surface area contributed by atoms with Gasteiger partial charge in [0.15, 0.2) is 5.78 Å². The van der Waals surface area contributed by atoms with Crippen molar-refractivity contribution in [1.29, 1.82) is 0 Å². The molecule has 1 atom stereocenters. The van der Waals surface area contributed by atoms with Crippen LogP contribution >= 0.6 is 11.8 Å². The zero-order chi connectivity index (χ0) is 16.2. The van der Waals surface area contributed by atoms with E-state index in [2.05, 4.69) is 15.5 Å². The van der Waals surface area contributed by atoms with Crippen LogP contribution < -0.4 is 0 Å². The van der Waals surface area contributed by atoms with Crippen molar-refractivity contribution in [2.75, 3.05) is 0 Å². The average Bonchev–Trinajstić information content (AvgIpc) is 3.20. The molecule has 2 heterocycles. The van der Waals surface area contributed by atoms with Crippen LogP contribution in [0.5, 0.6) is 0 Å². The molecule has 3 rings (SSSR count). The number of nitrogens with zero attached hydrogens (tertiary/aromatic N) is 4. The summed E-state index contributed by atoms with van der Waals surface area (Å²) in [7, 11) is 0. The third-order valence-corrected chi connectivity index (χ3v) is 4.24. The van der Waals surface area contributed by atoms with Gasteiger partial charge in [-0.25, -0.2) is 9.07 Å². The van der Waals surface area contributed by atoms with Crippen LogP contribution in [-0.2, 0) is 6.54 Å². The number of hydrogen-bond donors (Lipinski definition) is 0. The van der Waals surface area contributed by atoms with Crippen molar-refractivity contribution in [2.45, 2.75) is 23.9 Å². The molecule has 1 aromatic carbocycles. The number of tetrazole rings is 1. The van der Waals surface area contributed by atoms with E-state index in [0.29, 0.717) is 17.3 Å². The molecule has 0 saturated heterocycles. The van der Waals surface area contributed by atoms with Crippen molar-refractivity contribution in [2.24, 2.45) is 0 Å². The Labute approximate surface area is 135 Å². The van der Waals surface area contributed by atoms with Crippen molar-refractivity contribution < 1.29 is 13.6 Å². The lowest BCUT2D eigenvalue weighted by Crippen LogP contribution is -2.15. The molecule has 0 aliphatic carbocycles. The van der Waals surface area contributed by atoms with Crippen LogP contribution in [0.25, 0.3) is 0 Å². The fraction of sp³-hybridized carbons (Fsp3) is 0.200. The molecule has 0 bridgehead atoms. The highest BCUT2D eigenvalue weighted by Gasteiger charge is 2.20. The van der Waals surface area contributed by atoms with Gasteiger partial charge in [0.2, 0.25) is 5.16 Å². The summed E-state index contributed by atoms with van der Waals surface area (Å²) in [5.41, 5.74) is 0.455. The molecular formula is C15H13FN4O2S. The molecule has 0 fully saturated rings. The van der Waals surface area contributed by atoms with Crippen LogP contribution in [0.3, 0.4) is 0 Å². The predicted octanol–water partition coefficient (Wildman–Crippen LogP) is 2.82. The van der Waals surface area contributed by atoms with Crippen LogP contribution in [0.2, 0.25) is 0 Å². The number of carbonyl (C=O) groups is 1. The van der Waals surface area contributed by atoms with E-state index in [1.54, 1.807) is 23.9 Å². The first kappa shape index (κ1) is 15.4. The van der Waals surface area contributed by atoms with Crippen molar-refractivity contribution in [3.05, 3.63) is 59.8 Å². The Balaban J connectivity index is 1.70. The number of hydrogen-bond acceptors (Lipinski definition) is 6. The van der Waals surface area contributed by atoms with Gasteiger partial charge in [0.25, 0.3) is 0 Å². The van der Waals surface area contributed by atoms with E-state index >= 15 is 0 Å². The van der Waals surface area contributed by atoms with Gasteiger partial charge in [-0.2, -0.15) is 0 Å². The molecule has 0 spiro atoms. The number of halogens is 1. The van der Waals surface area contributed by atoms with Gasteiger partial charge < -0.3 is 4.42 Å². The smallest absolute Gasteiger partial charge is 0.210 e. The Kier molecular flexibility index (Phi) is 4.52. The Bertz CT molecular complexity index is 786. The number of furan rings is 1. The Morgan fingerprint density at radius 1 is 1.35 bits per heavy atom. The Hall–Kier alpha value is -2.48. The van der Waals surface area contributed by atoms with Gasteiger partial charge in [0.1, 0.15) is 18.1 Å². The van der Waals surface area contributed by atoms with Crippen LogP contribution in [-0.4, -0.2) is 31.2 Å². The largest absolute Gasteiger partial charge is 0.467 e. The second-order valence-electron chi connectivity index (χ2n) is 4.83. The molecule has 0 amide bonds. The first-order chi connectivity index (χ1) is 11.1. The molecule has 118 valence electrons. The monoisotopic (exact) mass is 332 g/mol. The predicted molar refractivity (Wildman–Crippen MR) is 81.7 cm³/mol. The van der Waals surface area contributed by atoms with E-state index in [4.69, 9.17) is 4.42 Å². The topological polar surface area (TPSA) is 73.8 Å². The maximum absolute atomic E-state index is 12.9.